The van der Waals surface area contributed by atoms with E-state index in [1.165, 1.54) is 42.5 Å². The predicted octanol–water partition coefficient (Wildman–Crippen LogP) is 3.18. The van der Waals surface area contributed by atoms with Gasteiger partial charge >= 0.3 is 5.97 Å². The fourth-order valence-electron chi connectivity index (χ4n) is 2.93. The zero-order chi connectivity index (χ0) is 18.7. The van der Waals surface area contributed by atoms with Crippen molar-refractivity contribution in [2.75, 3.05) is 12.0 Å². The van der Waals surface area contributed by atoms with Crippen LogP contribution < -0.4 is 10.6 Å². The van der Waals surface area contributed by atoms with E-state index in [9.17, 15) is 14.4 Å². The molecule has 3 rings (SSSR count). The molecule has 0 amide bonds. The molecule has 2 aromatic carbocycles. The topological polar surface area (TPSA) is 79.3 Å². The molecule has 0 aliphatic carbocycles. The molecule has 6 heteroatoms. The van der Waals surface area contributed by atoms with Crippen molar-refractivity contribution in [3.8, 4) is 6.07 Å². The third kappa shape index (κ3) is 3.03. The van der Waals surface area contributed by atoms with Gasteiger partial charge in [-0.25, -0.2) is 9.18 Å². The number of benzene rings is 2. The summed E-state index contributed by atoms with van der Waals surface area (Å²) < 4.78 is 18.1. The first kappa shape index (κ1) is 17.2. The van der Waals surface area contributed by atoms with Gasteiger partial charge < -0.3 is 15.4 Å². The second-order valence-corrected chi connectivity index (χ2v) is 5.68. The number of carbonyl (C=O) groups is 1. The standard InChI is InChI=1S/C20H16FN3O2/c1-26-20(25)17-12-24(15-9-7-14(21)8-10-15)19(23)16(11-22)18(17)13-5-3-2-4-6-13/h2-10,12,18H,23H2,1H3. The highest BCUT2D eigenvalue weighted by Crippen LogP contribution is 2.39. The minimum absolute atomic E-state index is 0.181. The number of rotatable bonds is 3. The lowest BCUT2D eigenvalue weighted by Gasteiger charge is -2.32. The highest BCUT2D eigenvalue weighted by Gasteiger charge is 2.34. The molecule has 2 N–H and O–H groups in total. The molecule has 1 unspecified atom stereocenters. The summed E-state index contributed by atoms with van der Waals surface area (Å²) >= 11 is 0. The number of nitriles is 1. The number of methoxy groups -OCH3 is 1. The summed E-state index contributed by atoms with van der Waals surface area (Å²) in [6.45, 7) is 0. The second-order valence-electron chi connectivity index (χ2n) is 5.68. The van der Waals surface area contributed by atoms with Gasteiger partial charge in [-0.1, -0.05) is 30.3 Å². The molecule has 2 aromatic rings. The van der Waals surface area contributed by atoms with E-state index in [2.05, 4.69) is 6.07 Å². The molecule has 0 saturated carbocycles. The van der Waals surface area contributed by atoms with Crippen LogP contribution in [-0.4, -0.2) is 13.1 Å². The van der Waals surface area contributed by atoms with Crippen molar-refractivity contribution in [1.29, 1.82) is 5.26 Å². The van der Waals surface area contributed by atoms with Crippen LogP contribution in [0.25, 0.3) is 0 Å². The van der Waals surface area contributed by atoms with Gasteiger partial charge in [0.05, 0.1) is 30.2 Å². The molecule has 1 aliphatic rings. The van der Waals surface area contributed by atoms with Crippen LogP contribution in [0.15, 0.2) is 77.8 Å². The minimum Gasteiger partial charge on any atom is -0.466 e. The Kier molecular flexibility index (Phi) is 4.72. The van der Waals surface area contributed by atoms with Gasteiger partial charge in [0.15, 0.2) is 0 Å². The maximum absolute atomic E-state index is 13.2. The number of hydrogen-bond acceptors (Lipinski definition) is 5. The van der Waals surface area contributed by atoms with Crippen molar-refractivity contribution in [1.82, 2.24) is 0 Å². The number of halogens is 1. The molecule has 1 heterocycles. The first-order chi connectivity index (χ1) is 12.6. The lowest BCUT2D eigenvalue weighted by atomic mass is 9.83. The molecule has 0 spiro atoms. The normalized spacial score (nSPS) is 16.7. The zero-order valence-corrected chi connectivity index (χ0v) is 14.0. The van der Waals surface area contributed by atoms with Crippen molar-refractivity contribution < 1.29 is 13.9 Å². The molecule has 1 aliphatic heterocycles. The van der Waals surface area contributed by atoms with Gasteiger partial charge in [0.25, 0.3) is 0 Å². The van der Waals surface area contributed by atoms with E-state index in [-0.39, 0.29) is 17.0 Å². The van der Waals surface area contributed by atoms with Crippen LogP contribution in [0, 0.1) is 17.1 Å². The molecule has 0 bridgehead atoms. The van der Waals surface area contributed by atoms with Crippen LogP contribution in [0.3, 0.4) is 0 Å². The Bertz CT molecular complexity index is 928. The van der Waals surface area contributed by atoms with Crippen molar-refractivity contribution in [3.63, 3.8) is 0 Å². The fraction of sp³-hybridized carbons (Fsp3) is 0.100. The summed E-state index contributed by atoms with van der Waals surface area (Å²) in [7, 11) is 1.28. The number of carbonyl (C=O) groups excluding carboxylic acids is 1. The Morgan fingerprint density at radius 1 is 1.19 bits per heavy atom. The summed E-state index contributed by atoms with van der Waals surface area (Å²) in [5, 5.41) is 9.72. The zero-order valence-electron chi connectivity index (χ0n) is 14.0. The van der Waals surface area contributed by atoms with Crippen molar-refractivity contribution in [3.05, 3.63) is 89.1 Å². The monoisotopic (exact) mass is 349 g/mol. The van der Waals surface area contributed by atoms with E-state index in [1.54, 1.807) is 0 Å². The van der Waals surface area contributed by atoms with Gasteiger partial charge in [-0.3, -0.25) is 0 Å². The van der Waals surface area contributed by atoms with Crippen LogP contribution in [-0.2, 0) is 9.53 Å². The van der Waals surface area contributed by atoms with Crippen LogP contribution in [0.5, 0.6) is 0 Å². The van der Waals surface area contributed by atoms with E-state index in [0.29, 0.717) is 5.69 Å². The molecule has 0 fully saturated rings. The van der Waals surface area contributed by atoms with E-state index in [4.69, 9.17) is 10.5 Å². The Labute approximate surface area is 150 Å². The highest BCUT2D eigenvalue weighted by molar-refractivity contribution is 5.93. The Hall–Kier alpha value is -3.59. The number of nitrogens with two attached hydrogens (primary N) is 1. The summed E-state index contributed by atoms with van der Waals surface area (Å²) in [5.41, 5.74) is 8.01. The van der Waals surface area contributed by atoms with Crippen LogP contribution in [0.4, 0.5) is 10.1 Å². The number of allylic oxidation sites excluding steroid dienone is 1. The third-order valence-corrected chi connectivity index (χ3v) is 4.18. The van der Waals surface area contributed by atoms with E-state index < -0.39 is 17.7 Å². The molecular weight excluding hydrogens is 333 g/mol. The first-order valence-electron chi connectivity index (χ1n) is 7.86. The Balaban J connectivity index is 2.18. The van der Waals surface area contributed by atoms with Crippen molar-refractivity contribution in [2.24, 2.45) is 5.73 Å². The van der Waals surface area contributed by atoms with Gasteiger partial charge in [0.1, 0.15) is 11.6 Å². The van der Waals surface area contributed by atoms with E-state index >= 15 is 0 Å². The molecule has 26 heavy (non-hydrogen) atoms. The number of nitrogens with zero attached hydrogens (tertiary/aromatic N) is 2. The summed E-state index contributed by atoms with van der Waals surface area (Å²) in [6, 6.07) is 16.8. The van der Waals surface area contributed by atoms with Crippen LogP contribution in [0.1, 0.15) is 11.5 Å². The first-order valence-corrected chi connectivity index (χ1v) is 7.86. The lowest BCUT2D eigenvalue weighted by molar-refractivity contribution is -0.136. The van der Waals surface area contributed by atoms with E-state index in [1.807, 2.05) is 30.3 Å². The van der Waals surface area contributed by atoms with Gasteiger partial charge in [-0.15, -0.1) is 0 Å². The Morgan fingerprint density at radius 3 is 2.42 bits per heavy atom. The lowest BCUT2D eigenvalue weighted by Crippen LogP contribution is -2.33. The van der Waals surface area contributed by atoms with Crippen LogP contribution >= 0.6 is 0 Å². The molecule has 1 atom stereocenters. The molecular formula is C20H16FN3O2. The second kappa shape index (κ2) is 7.11. The van der Waals surface area contributed by atoms with Gasteiger partial charge in [-0.05, 0) is 29.8 Å². The smallest absolute Gasteiger partial charge is 0.336 e. The predicted molar refractivity (Wildman–Crippen MR) is 95.0 cm³/mol. The third-order valence-electron chi connectivity index (χ3n) is 4.18. The Morgan fingerprint density at radius 2 is 1.85 bits per heavy atom. The number of hydrogen-bond donors (Lipinski definition) is 1. The fourth-order valence-corrected chi connectivity index (χ4v) is 2.93. The molecule has 5 nitrogen and oxygen atoms in total. The molecule has 130 valence electrons. The van der Waals surface area contributed by atoms with Crippen molar-refractivity contribution in [2.45, 2.75) is 5.92 Å². The summed E-state index contributed by atoms with van der Waals surface area (Å²) in [5.74, 6) is -1.41. The SMILES string of the molecule is COC(=O)C1=CN(c2ccc(F)cc2)C(N)=C(C#N)C1c1ccccc1. The minimum atomic E-state index is -0.634. The summed E-state index contributed by atoms with van der Waals surface area (Å²) in [4.78, 5) is 13.9. The molecule has 0 radical (unpaired) electrons. The summed E-state index contributed by atoms with van der Waals surface area (Å²) in [6.07, 6.45) is 1.53. The number of ether oxygens (including phenoxy) is 1. The largest absolute Gasteiger partial charge is 0.466 e. The quantitative estimate of drug-likeness (QED) is 0.861. The number of anilines is 1. The van der Waals surface area contributed by atoms with Gasteiger partial charge in [0, 0.05) is 11.9 Å². The molecule has 0 saturated heterocycles. The van der Waals surface area contributed by atoms with Gasteiger partial charge in [-0.2, -0.15) is 5.26 Å². The highest BCUT2D eigenvalue weighted by atomic mass is 19.1. The average Bonchev–Trinajstić information content (AvgIpc) is 2.68. The van der Waals surface area contributed by atoms with Gasteiger partial charge in [0.2, 0.25) is 0 Å². The van der Waals surface area contributed by atoms with E-state index in [0.717, 1.165) is 5.56 Å². The maximum Gasteiger partial charge on any atom is 0.336 e. The van der Waals surface area contributed by atoms with Crippen molar-refractivity contribution >= 4 is 11.7 Å². The average molecular weight is 349 g/mol. The van der Waals surface area contributed by atoms with Crippen LogP contribution in [0.2, 0.25) is 0 Å². The number of esters is 1. The maximum atomic E-state index is 13.2. The molecule has 0 aromatic heterocycles.